The first kappa shape index (κ1) is 13.9. The van der Waals surface area contributed by atoms with Crippen LogP contribution in [0.1, 0.15) is 49.0 Å². The van der Waals surface area contributed by atoms with Gasteiger partial charge >= 0.3 is 0 Å². The number of aromatic nitrogens is 2. The van der Waals surface area contributed by atoms with Crippen molar-refractivity contribution in [1.82, 2.24) is 14.5 Å². The summed E-state index contributed by atoms with van der Waals surface area (Å²) in [7, 11) is 0. The van der Waals surface area contributed by atoms with Gasteiger partial charge in [-0.25, -0.2) is 0 Å². The van der Waals surface area contributed by atoms with Crippen LogP contribution in [0.15, 0.2) is 0 Å². The van der Waals surface area contributed by atoms with E-state index in [1.165, 1.54) is 11.5 Å². The fraction of sp³-hybridized carbons (Fsp3) is 0.750. The molecule has 1 aliphatic rings. The summed E-state index contributed by atoms with van der Waals surface area (Å²) >= 11 is 4.81. The average Bonchev–Trinajstić information content (AvgIpc) is 2.77. The van der Waals surface area contributed by atoms with Crippen molar-refractivity contribution in [1.29, 1.82) is 0 Å². The fourth-order valence-corrected chi connectivity index (χ4v) is 3.27. The molecule has 6 heteroatoms. The molecule has 0 spiro atoms. The van der Waals surface area contributed by atoms with Gasteiger partial charge in [0.05, 0.1) is 5.69 Å². The normalized spacial score (nSPS) is 18.1. The van der Waals surface area contributed by atoms with Crippen molar-refractivity contribution in [3.8, 4) is 0 Å². The summed E-state index contributed by atoms with van der Waals surface area (Å²) in [6.45, 7) is 7.81. The summed E-state index contributed by atoms with van der Waals surface area (Å²) < 4.78 is 3.95. The molecule has 1 aromatic heterocycles. The van der Waals surface area contributed by atoms with E-state index >= 15 is 0 Å². The van der Waals surface area contributed by atoms with Gasteiger partial charge in [0, 0.05) is 23.3 Å². The topological polar surface area (TPSA) is 46.1 Å². The smallest absolute Gasteiger partial charge is 0.267 e. The van der Waals surface area contributed by atoms with E-state index in [1.807, 2.05) is 4.90 Å². The summed E-state index contributed by atoms with van der Waals surface area (Å²) in [4.78, 5) is 15.6. The number of piperidine rings is 1. The quantitative estimate of drug-likeness (QED) is 0.743. The number of likely N-dealkylation sites (tertiary alicyclic amines) is 1. The standard InChI is InChI=1S/C12H18BrN3OS/c1-12(2,3)10-9(18-15-14-10)11(17)16-6-4-8(13)5-7-16/h8H,4-7H2,1-3H3. The van der Waals surface area contributed by atoms with Crippen molar-refractivity contribution in [2.75, 3.05) is 13.1 Å². The van der Waals surface area contributed by atoms with E-state index < -0.39 is 0 Å². The Morgan fingerprint density at radius 3 is 2.56 bits per heavy atom. The summed E-state index contributed by atoms with van der Waals surface area (Å²) in [5.41, 5.74) is 0.685. The molecule has 4 nitrogen and oxygen atoms in total. The van der Waals surface area contributed by atoms with Crippen LogP contribution in [0, 0.1) is 0 Å². The molecule has 0 bridgehead atoms. The van der Waals surface area contributed by atoms with E-state index in [0.29, 0.717) is 9.70 Å². The third-order valence-electron chi connectivity index (χ3n) is 3.10. The second-order valence-electron chi connectivity index (χ2n) is 5.67. The van der Waals surface area contributed by atoms with Gasteiger partial charge in [-0.15, -0.1) is 5.10 Å². The monoisotopic (exact) mass is 331 g/mol. The molecule has 0 radical (unpaired) electrons. The first-order valence-corrected chi connectivity index (χ1v) is 7.84. The van der Waals surface area contributed by atoms with Crippen molar-refractivity contribution in [2.45, 2.75) is 43.9 Å². The van der Waals surface area contributed by atoms with E-state index in [1.54, 1.807) is 0 Å². The summed E-state index contributed by atoms with van der Waals surface area (Å²) in [6, 6.07) is 0. The number of nitrogens with zero attached hydrogens (tertiary/aromatic N) is 3. The second kappa shape index (κ2) is 5.25. The maximum absolute atomic E-state index is 12.5. The van der Waals surface area contributed by atoms with Gasteiger partial charge in [-0.05, 0) is 24.4 Å². The number of carbonyl (C=O) groups excluding carboxylic acids is 1. The molecule has 0 aromatic carbocycles. The maximum Gasteiger partial charge on any atom is 0.267 e. The Hall–Kier alpha value is -0.490. The van der Waals surface area contributed by atoms with Gasteiger partial charge in [-0.2, -0.15) is 0 Å². The SMILES string of the molecule is CC(C)(C)c1nnsc1C(=O)N1CCC(Br)CC1. The van der Waals surface area contributed by atoms with E-state index in [0.717, 1.165) is 31.6 Å². The zero-order valence-electron chi connectivity index (χ0n) is 10.9. The van der Waals surface area contributed by atoms with E-state index in [4.69, 9.17) is 0 Å². The third kappa shape index (κ3) is 2.91. The molecule has 1 saturated heterocycles. The van der Waals surface area contributed by atoms with Crippen LogP contribution < -0.4 is 0 Å². The van der Waals surface area contributed by atoms with Crippen molar-refractivity contribution < 1.29 is 4.79 Å². The molecule has 0 aliphatic carbocycles. The predicted molar refractivity (Wildman–Crippen MR) is 76.5 cm³/mol. The second-order valence-corrected chi connectivity index (χ2v) is 7.72. The minimum atomic E-state index is -0.133. The van der Waals surface area contributed by atoms with Crippen molar-refractivity contribution in [3.05, 3.63) is 10.6 Å². The van der Waals surface area contributed by atoms with Gasteiger partial charge in [0.15, 0.2) is 0 Å². The largest absolute Gasteiger partial charge is 0.338 e. The lowest BCUT2D eigenvalue weighted by molar-refractivity contribution is 0.0730. The minimum absolute atomic E-state index is 0.0920. The van der Waals surface area contributed by atoms with Crippen molar-refractivity contribution in [3.63, 3.8) is 0 Å². The Morgan fingerprint density at radius 1 is 1.39 bits per heavy atom. The molecule has 0 N–H and O–H groups in total. The highest BCUT2D eigenvalue weighted by Crippen LogP contribution is 2.28. The molecule has 0 unspecified atom stereocenters. The lowest BCUT2D eigenvalue weighted by Crippen LogP contribution is -2.39. The van der Waals surface area contributed by atoms with Crippen LogP contribution in [0.3, 0.4) is 0 Å². The van der Waals surface area contributed by atoms with Crippen LogP contribution in [-0.2, 0) is 5.41 Å². The molecular weight excluding hydrogens is 314 g/mol. The number of alkyl halides is 1. The lowest BCUT2D eigenvalue weighted by Gasteiger charge is -2.29. The Bertz CT molecular complexity index is 433. The molecule has 2 heterocycles. The van der Waals surface area contributed by atoms with Gasteiger partial charge in [0.2, 0.25) is 0 Å². The number of hydrogen-bond donors (Lipinski definition) is 0. The minimum Gasteiger partial charge on any atom is -0.338 e. The first-order chi connectivity index (χ1) is 8.39. The number of carbonyl (C=O) groups is 1. The molecule has 1 amide bonds. The number of rotatable bonds is 1. The molecule has 100 valence electrons. The van der Waals surface area contributed by atoms with Crippen LogP contribution in [-0.4, -0.2) is 38.3 Å². The van der Waals surface area contributed by atoms with Gasteiger partial charge in [-0.3, -0.25) is 4.79 Å². The summed E-state index contributed by atoms with van der Waals surface area (Å²) in [6.07, 6.45) is 2.03. The maximum atomic E-state index is 12.5. The average molecular weight is 332 g/mol. The highest BCUT2D eigenvalue weighted by atomic mass is 79.9. The molecule has 1 aromatic rings. The predicted octanol–water partition coefficient (Wildman–Crippen LogP) is 2.84. The third-order valence-corrected chi connectivity index (χ3v) is 4.73. The molecule has 0 saturated carbocycles. The number of hydrogen-bond acceptors (Lipinski definition) is 4. The van der Waals surface area contributed by atoms with Crippen molar-refractivity contribution in [2.24, 2.45) is 0 Å². The lowest BCUT2D eigenvalue weighted by atomic mass is 9.91. The fourth-order valence-electron chi connectivity index (χ4n) is 2.02. The van der Waals surface area contributed by atoms with Crippen LogP contribution in [0.2, 0.25) is 0 Å². The highest BCUT2D eigenvalue weighted by Gasteiger charge is 2.30. The molecule has 0 atom stereocenters. The Kier molecular flexibility index (Phi) is 4.06. The van der Waals surface area contributed by atoms with Gasteiger partial charge < -0.3 is 4.90 Å². The molecule has 1 fully saturated rings. The summed E-state index contributed by atoms with van der Waals surface area (Å²) in [5, 5.41) is 4.13. The number of halogens is 1. The van der Waals surface area contributed by atoms with Crippen molar-refractivity contribution >= 4 is 33.4 Å². The van der Waals surface area contributed by atoms with E-state index in [2.05, 4.69) is 46.3 Å². The number of amides is 1. The van der Waals surface area contributed by atoms with Crippen LogP contribution in [0.4, 0.5) is 0 Å². The molecular formula is C12H18BrN3OS. The zero-order valence-corrected chi connectivity index (χ0v) is 13.3. The summed E-state index contributed by atoms with van der Waals surface area (Å²) in [5.74, 6) is 0.0920. The van der Waals surface area contributed by atoms with E-state index in [-0.39, 0.29) is 11.3 Å². The zero-order chi connectivity index (χ0) is 13.3. The van der Waals surface area contributed by atoms with Crippen LogP contribution >= 0.6 is 27.5 Å². The van der Waals surface area contributed by atoms with Crippen LogP contribution in [0.5, 0.6) is 0 Å². The first-order valence-electron chi connectivity index (χ1n) is 6.16. The highest BCUT2D eigenvalue weighted by molar-refractivity contribution is 9.09. The van der Waals surface area contributed by atoms with E-state index in [9.17, 15) is 4.79 Å². The molecule has 18 heavy (non-hydrogen) atoms. The Labute approximate surface area is 120 Å². The molecule has 2 rings (SSSR count). The van der Waals surface area contributed by atoms with Gasteiger partial charge in [0.25, 0.3) is 5.91 Å². The van der Waals surface area contributed by atoms with Gasteiger partial charge in [-0.1, -0.05) is 41.2 Å². The molecule has 1 aliphatic heterocycles. The van der Waals surface area contributed by atoms with Crippen LogP contribution in [0.25, 0.3) is 0 Å². The Balaban J connectivity index is 2.17. The van der Waals surface area contributed by atoms with Gasteiger partial charge in [0.1, 0.15) is 4.88 Å². The Morgan fingerprint density at radius 2 is 2.00 bits per heavy atom.